The fraction of sp³-hybridized carbons (Fsp3) is 0.600. The zero-order valence-corrected chi connectivity index (χ0v) is 10.1. The van der Waals surface area contributed by atoms with Gasteiger partial charge in [-0.15, -0.1) is 0 Å². The second-order valence-corrected chi connectivity index (χ2v) is 4.17. The Morgan fingerprint density at radius 1 is 1.53 bits per heavy atom. The standard InChI is InChI=1S/C10H16N2O2S/c1-4-5-9-8(6-15-14)10(13)12(11-9)7(2)3/h6-7,11H,4-5H2,1-3H3. The lowest BCUT2D eigenvalue weighted by Gasteiger charge is -2.04. The summed E-state index contributed by atoms with van der Waals surface area (Å²) >= 11 is 0.326. The highest BCUT2D eigenvalue weighted by atomic mass is 32.1. The van der Waals surface area contributed by atoms with E-state index in [1.807, 2.05) is 20.8 Å². The van der Waals surface area contributed by atoms with Crippen LogP contribution in [0.1, 0.15) is 44.5 Å². The maximum atomic E-state index is 11.8. The van der Waals surface area contributed by atoms with Crippen LogP contribution in [-0.4, -0.2) is 19.4 Å². The van der Waals surface area contributed by atoms with Gasteiger partial charge in [-0.1, -0.05) is 13.3 Å². The Labute approximate surface area is 92.4 Å². The Morgan fingerprint density at radius 2 is 2.20 bits per heavy atom. The molecule has 0 bridgehead atoms. The van der Waals surface area contributed by atoms with Crippen molar-refractivity contribution >= 4 is 16.6 Å². The van der Waals surface area contributed by atoms with E-state index in [-0.39, 0.29) is 11.6 Å². The first-order valence-corrected chi connectivity index (χ1v) is 5.87. The molecule has 1 N–H and O–H groups in total. The molecule has 0 aliphatic rings. The molecule has 0 saturated heterocycles. The maximum absolute atomic E-state index is 11.8. The fourth-order valence-electron chi connectivity index (χ4n) is 1.49. The highest BCUT2D eigenvalue weighted by Crippen LogP contribution is 2.06. The minimum absolute atomic E-state index is 0.0897. The summed E-state index contributed by atoms with van der Waals surface area (Å²) in [7, 11) is 0. The SMILES string of the molecule is CCCc1[nH]n(C(C)C)c(=O)c1C=S=O. The minimum atomic E-state index is -0.100. The molecule has 4 nitrogen and oxygen atoms in total. The normalized spacial score (nSPS) is 10.7. The molecule has 0 atom stereocenters. The lowest BCUT2D eigenvalue weighted by molar-refractivity contribution is 0.511. The van der Waals surface area contributed by atoms with Crippen LogP contribution in [0.5, 0.6) is 0 Å². The molecule has 1 rings (SSSR count). The Hall–Kier alpha value is -1.10. The zero-order valence-electron chi connectivity index (χ0n) is 9.24. The second kappa shape index (κ2) is 5.11. The van der Waals surface area contributed by atoms with Gasteiger partial charge >= 0.3 is 0 Å². The average Bonchev–Trinajstić information content (AvgIpc) is 2.47. The van der Waals surface area contributed by atoms with Crippen molar-refractivity contribution in [1.82, 2.24) is 9.78 Å². The smallest absolute Gasteiger partial charge is 0.275 e. The van der Waals surface area contributed by atoms with E-state index in [0.717, 1.165) is 18.5 Å². The lowest BCUT2D eigenvalue weighted by atomic mass is 10.2. The lowest BCUT2D eigenvalue weighted by Crippen LogP contribution is -2.20. The summed E-state index contributed by atoms with van der Waals surface area (Å²) in [6.45, 7) is 5.91. The van der Waals surface area contributed by atoms with E-state index in [0.29, 0.717) is 16.8 Å². The van der Waals surface area contributed by atoms with Crippen LogP contribution >= 0.6 is 0 Å². The number of hydrogen-bond donors (Lipinski definition) is 1. The first-order valence-electron chi connectivity index (χ1n) is 5.07. The van der Waals surface area contributed by atoms with Crippen LogP contribution < -0.4 is 5.56 Å². The number of H-pyrrole nitrogens is 1. The molecule has 1 aromatic heterocycles. The molecule has 84 valence electrons. The molecular formula is C10H16N2O2S. The zero-order chi connectivity index (χ0) is 11.4. The number of aryl methyl sites for hydroxylation is 1. The third-order valence-electron chi connectivity index (χ3n) is 2.21. The molecule has 0 amide bonds. The Bertz CT molecular complexity index is 439. The van der Waals surface area contributed by atoms with Crippen LogP contribution in [-0.2, 0) is 17.7 Å². The number of hydrogen-bond acceptors (Lipinski definition) is 2. The van der Waals surface area contributed by atoms with Crippen molar-refractivity contribution in [3.63, 3.8) is 0 Å². The van der Waals surface area contributed by atoms with Crippen LogP contribution in [0.3, 0.4) is 0 Å². The Kier molecular flexibility index (Phi) is 4.08. The predicted octanol–water partition coefficient (Wildman–Crippen LogP) is 1.07. The summed E-state index contributed by atoms with van der Waals surface area (Å²) in [5.41, 5.74) is 1.28. The van der Waals surface area contributed by atoms with Gasteiger partial charge in [0.05, 0.1) is 16.8 Å². The van der Waals surface area contributed by atoms with Crippen LogP contribution in [0.2, 0.25) is 0 Å². The van der Waals surface area contributed by atoms with Gasteiger partial charge < -0.3 is 0 Å². The molecule has 1 heterocycles. The van der Waals surface area contributed by atoms with Gasteiger partial charge in [0.25, 0.3) is 5.56 Å². The average molecular weight is 228 g/mol. The van der Waals surface area contributed by atoms with E-state index in [1.165, 1.54) is 5.37 Å². The number of aromatic nitrogens is 2. The molecule has 1 aromatic rings. The van der Waals surface area contributed by atoms with E-state index < -0.39 is 0 Å². The van der Waals surface area contributed by atoms with Crippen molar-refractivity contribution in [2.45, 2.75) is 39.7 Å². The third-order valence-corrected chi connectivity index (χ3v) is 2.54. The molecule has 0 aromatic carbocycles. The maximum Gasteiger partial charge on any atom is 0.275 e. The highest BCUT2D eigenvalue weighted by Gasteiger charge is 2.12. The van der Waals surface area contributed by atoms with E-state index in [1.54, 1.807) is 4.68 Å². The first kappa shape index (κ1) is 12.0. The molecule has 0 saturated carbocycles. The number of nitrogens with one attached hydrogen (secondary N) is 1. The van der Waals surface area contributed by atoms with Crippen LogP contribution in [0.4, 0.5) is 0 Å². The molecule has 0 aliphatic carbocycles. The number of aromatic amines is 1. The topological polar surface area (TPSA) is 54.9 Å². The van der Waals surface area contributed by atoms with E-state index in [4.69, 9.17) is 0 Å². The first-order chi connectivity index (χ1) is 7.11. The van der Waals surface area contributed by atoms with Gasteiger partial charge in [0, 0.05) is 17.1 Å². The van der Waals surface area contributed by atoms with Crippen molar-refractivity contribution in [1.29, 1.82) is 0 Å². The van der Waals surface area contributed by atoms with Gasteiger partial charge in [0.1, 0.15) is 0 Å². The third kappa shape index (κ3) is 2.47. The van der Waals surface area contributed by atoms with Crippen LogP contribution in [0.15, 0.2) is 4.79 Å². The van der Waals surface area contributed by atoms with Crippen molar-refractivity contribution < 1.29 is 4.21 Å². The van der Waals surface area contributed by atoms with Gasteiger partial charge in [-0.25, -0.2) is 8.89 Å². The molecule has 0 radical (unpaired) electrons. The van der Waals surface area contributed by atoms with E-state index in [9.17, 15) is 9.00 Å². The fourth-order valence-corrected chi connectivity index (χ4v) is 1.83. The van der Waals surface area contributed by atoms with Gasteiger partial charge in [-0.3, -0.25) is 9.89 Å². The van der Waals surface area contributed by atoms with Gasteiger partial charge in [-0.05, 0) is 20.3 Å². The van der Waals surface area contributed by atoms with Gasteiger partial charge in [-0.2, -0.15) is 0 Å². The molecule has 0 aliphatic heterocycles. The summed E-state index contributed by atoms with van der Waals surface area (Å²) in [4.78, 5) is 11.8. The molecule has 0 unspecified atom stereocenters. The summed E-state index contributed by atoms with van der Waals surface area (Å²) in [5, 5.41) is 4.43. The van der Waals surface area contributed by atoms with Crippen LogP contribution in [0.25, 0.3) is 0 Å². The highest BCUT2D eigenvalue weighted by molar-refractivity contribution is 7.65. The predicted molar refractivity (Wildman–Crippen MR) is 62.7 cm³/mol. The minimum Gasteiger partial charge on any atom is -0.299 e. The number of rotatable bonds is 4. The monoisotopic (exact) mass is 228 g/mol. The Morgan fingerprint density at radius 3 is 2.67 bits per heavy atom. The summed E-state index contributed by atoms with van der Waals surface area (Å²) in [6, 6.07) is 0.0897. The van der Waals surface area contributed by atoms with Gasteiger partial charge in [0.2, 0.25) is 0 Å². The summed E-state index contributed by atoms with van der Waals surface area (Å²) in [6.07, 6.45) is 1.74. The Balaban J connectivity index is 3.32. The van der Waals surface area contributed by atoms with Crippen molar-refractivity contribution in [3.05, 3.63) is 21.6 Å². The quantitative estimate of drug-likeness (QED) is 0.784. The second-order valence-electron chi connectivity index (χ2n) is 3.74. The van der Waals surface area contributed by atoms with Gasteiger partial charge in [0.15, 0.2) is 0 Å². The van der Waals surface area contributed by atoms with Crippen molar-refractivity contribution in [3.8, 4) is 0 Å². The molecule has 15 heavy (non-hydrogen) atoms. The van der Waals surface area contributed by atoms with E-state index in [2.05, 4.69) is 5.10 Å². The molecule has 0 fully saturated rings. The van der Waals surface area contributed by atoms with Crippen molar-refractivity contribution in [2.24, 2.45) is 0 Å². The molecular weight excluding hydrogens is 212 g/mol. The van der Waals surface area contributed by atoms with Crippen LogP contribution in [0, 0.1) is 0 Å². The number of nitrogens with zero attached hydrogens (tertiary/aromatic N) is 1. The van der Waals surface area contributed by atoms with Crippen molar-refractivity contribution in [2.75, 3.05) is 0 Å². The summed E-state index contributed by atoms with van der Waals surface area (Å²) < 4.78 is 12.0. The molecule has 5 heteroatoms. The largest absolute Gasteiger partial charge is 0.299 e. The van der Waals surface area contributed by atoms with E-state index >= 15 is 0 Å². The summed E-state index contributed by atoms with van der Waals surface area (Å²) in [5.74, 6) is 0. The molecule has 0 spiro atoms.